The highest BCUT2D eigenvalue weighted by molar-refractivity contribution is 6.36. The van der Waals surface area contributed by atoms with Crippen molar-refractivity contribution in [2.75, 3.05) is 0 Å². The van der Waals surface area contributed by atoms with Crippen LogP contribution in [0.3, 0.4) is 0 Å². The molecule has 4 heteroatoms. The van der Waals surface area contributed by atoms with Crippen LogP contribution in [0, 0.1) is 0 Å². The van der Waals surface area contributed by atoms with Gasteiger partial charge in [-0.3, -0.25) is 0 Å². The highest BCUT2D eigenvalue weighted by atomic mass is 35.5. The summed E-state index contributed by atoms with van der Waals surface area (Å²) in [5.41, 5.74) is 7.61. The number of hydrogen-bond donors (Lipinski definition) is 1. The Morgan fingerprint density at radius 2 is 1.80 bits per heavy atom. The molecule has 1 aromatic carbocycles. The van der Waals surface area contributed by atoms with Gasteiger partial charge in [0.1, 0.15) is 0 Å². The number of nitrogens with two attached hydrogens (primary N) is 1. The summed E-state index contributed by atoms with van der Waals surface area (Å²) in [7, 11) is 0. The van der Waals surface area contributed by atoms with Crippen molar-refractivity contribution in [1.82, 2.24) is 0 Å². The quantitative estimate of drug-likeness (QED) is 0.873. The van der Waals surface area contributed by atoms with Gasteiger partial charge in [-0.25, -0.2) is 0 Å². The predicted molar refractivity (Wildman–Crippen MR) is 61.2 cm³/mol. The number of benzene rings is 1. The molecule has 1 atom stereocenters. The van der Waals surface area contributed by atoms with Crippen LogP contribution < -0.4 is 5.73 Å². The molecule has 15 heavy (non-hydrogen) atoms. The molecule has 0 aliphatic heterocycles. The first kappa shape index (κ1) is 10.6. The molecular formula is C11H9Cl2NO. The monoisotopic (exact) mass is 241 g/mol. The van der Waals surface area contributed by atoms with E-state index < -0.39 is 0 Å². The van der Waals surface area contributed by atoms with Gasteiger partial charge < -0.3 is 10.2 Å². The van der Waals surface area contributed by atoms with Gasteiger partial charge in [0, 0.05) is 21.2 Å². The van der Waals surface area contributed by atoms with E-state index in [1.807, 2.05) is 0 Å². The Bertz CT molecular complexity index is 433. The van der Waals surface area contributed by atoms with Crippen molar-refractivity contribution < 1.29 is 4.42 Å². The van der Waals surface area contributed by atoms with Gasteiger partial charge in [-0.15, -0.1) is 0 Å². The lowest BCUT2D eigenvalue weighted by Crippen LogP contribution is -2.12. The zero-order chi connectivity index (χ0) is 10.8. The van der Waals surface area contributed by atoms with E-state index in [9.17, 15) is 0 Å². The summed E-state index contributed by atoms with van der Waals surface area (Å²) < 4.78 is 4.97. The van der Waals surface area contributed by atoms with E-state index >= 15 is 0 Å². The van der Waals surface area contributed by atoms with Crippen molar-refractivity contribution in [1.29, 1.82) is 0 Å². The van der Waals surface area contributed by atoms with Crippen LogP contribution in [0.2, 0.25) is 10.0 Å². The molecule has 0 spiro atoms. The summed E-state index contributed by atoms with van der Waals surface area (Å²) in [6, 6.07) is 6.76. The predicted octanol–water partition coefficient (Wildman–Crippen LogP) is 3.63. The van der Waals surface area contributed by atoms with Gasteiger partial charge in [-0.1, -0.05) is 29.3 Å². The van der Waals surface area contributed by atoms with E-state index in [1.54, 1.807) is 36.8 Å². The molecule has 0 aliphatic rings. The third kappa shape index (κ3) is 2.02. The van der Waals surface area contributed by atoms with E-state index in [1.165, 1.54) is 0 Å². The lowest BCUT2D eigenvalue weighted by molar-refractivity contribution is 0.562. The van der Waals surface area contributed by atoms with Gasteiger partial charge in [0.25, 0.3) is 0 Å². The van der Waals surface area contributed by atoms with Crippen molar-refractivity contribution in [2.24, 2.45) is 5.73 Å². The average Bonchev–Trinajstić information content (AvgIpc) is 2.69. The maximum Gasteiger partial charge on any atom is 0.0953 e. The first-order valence-electron chi connectivity index (χ1n) is 4.41. The maximum atomic E-state index is 6.05. The van der Waals surface area contributed by atoms with Crippen molar-refractivity contribution in [3.8, 4) is 0 Å². The van der Waals surface area contributed by atoms with E-state index in [0.717, 1.165) is 11.1 Å². The second kappa shape index (κ2) is 4.27. The van der Waals surface area contributed by atoms with Crippen molar-refractivity contribution >= 4 is 23.2 Å². The molecule has 1 heterocycles. The summed E-state index contributed by atoms with van der Waals surface area (Å²) in [5, 5.41) is 1.13. The largest absolute Gasteiger partial charge is 0.472 e. The Kier molecular flexibility index (Phi) is 3.00. The van der Waals surface area contributed by atoms with Gasteiger partial charge in [-0.2, -0.15) is 0 Å². The van der Waals surface area contributed by atoms with Crippen LogP contribution in [0.5, 0.6) is 0 Å². The molecule has 2 N–H and O–H groups in total. The van der Waals surface area contributed by atoms with E-state index in [0.29, 0.717) is 10.0 Å². The molecule has 78 valence electrons. The molecule has 1 aromatic heterocycles. The second-order valence-corrected chi connectivity index (χ2v) is 3.98. The van der Waals surface area contributed by atoms with Crippen molar-refractivity contribution in [2.45, 2.75) is 6.04 Å². The lowest BCUT2D eigenvalue weighted by Gasteiger charge is -2.13. The molecule has 1 unspecified atom stereocenters. The van der Waals surface area contributed by atoms with Crippen LogP contribution in [0.15, 0.2) is 41.2 Å². The van der Waals surface area contributed by atoms with Gasteiger partial charge in [0.05, 0.1) is 18.6 Å². The number of hydrogen-bond acceptors (Lipinski definition) is 2. The second-order valence-electron chi connectivity index (χ2n) is 3.17. The van der Waals surface area contributed by atoms with Crippen LogP contribution in [-0.2, 0) is 0 Å². The Labute approximate surface area is 97.6 Å². The summed E-state index contributed by atoms with van der Waals surface area (Å²) in [6.45, 7) is 0. The van der Waals surface area contributed by atoms with Gasteiger partial charge in [0.2, 0.25) is 0 Å². The standard InChI is InChI=1S/C11H9Cl2NO/c12-8-2-1-3-9(13)10(8)11(14)7-4-5-15-6-7/h1-6,11H,14H2. The molecule has 2 rings (SSSR count). The summed E-state index contributed by atoms with van der Waals surface area (Å²) >= 11 is 12.1. The fourth-order valence-corrected chi connectivity index (χ4v) is 2.06. The van der Waals surface area contributed by atoms with Gasteiger partial charge in [0.15, 0.2) is 0 Å². The number of rotatable bonds is 2. The SMILES string of the molecule is NC(c1ccoc1)c1c(Cl)cccc1Cl. The van der Waals surface area contributed by atoms with E-state index in [4.69, 9.17) is 33.4 Å². The third-order valence-electron chi connectivity index (χ3n) is 2.21. The maximum absolute atomic E-state index is 6.05. The van der Waals surface area contributed by atoms with Gasteiger partial charge in [-0.05, 0) is 18.2 Å². The molecular weight excluding hydrogens is 233 g/mol. The minimum Gasteiger partial charge on any atom is -0.472 e. The molecule has 0 bridgehead atoms. The van der Waals surface area contributed by atoms with Crippen LogP contribution in [-0.4, -0.2) is 0 Å². The average molecular weight is 242 g/mol. The third-order valence-corrected chi connectivity index (χ3v) is 2.87. The normalized spacial score (nSPS) is 12.7. The summed E-state index contributed by atoms with van der Waals surface area (Å²) in [6.07, 6.45) is 3.16. The minimum absolute atomic E-state index is 0.357. The summed E-state index contributed by atoms with van der Waals surface area (Å²) in [5.74, 6) is 0. The van der Waals surface area contributed by atoms with Gasteiger partial charge >= 0.3 is 0 Å². The van der Waals surface area contributed by atoms with Crippen LogP contribution in [0.4, 0.5) is 0 Å². The van der Waals surface area contributed by atoms with Crippen molar-refractivity contribution in [3.05, 3.63) is 58.0 Å². The fraction of sp³-hybridized carbons (Fsp3) is 0.0909. The van der Waals surface area contributed by atoms with E-state index in [-0.39, 0.29) is 6.04 Å². The Morgan fingerprint density at radius 3 is 2.33 bits per heavy atom. The molecule has 2 nitrogen and oxygen atoms in total. The highest BCUT2D eigenvalue weighted by Gasteiger charge is 2.16. The molecule has 0 fully saturated rings. The smallest absolute Gasteiger partial charge is 0.0953 e. The number of halogens is 2. The van der Waals surface area contributed by atoms with Crippen LogP contribution >= 0.6 is 23.2 Å². The Balaban J connectivity index is 2.46. The van der Waals surface area contributed by atoms with Crippen LogP contribution in [0.1, 0.15) is 17.2 Å². The highest BCUT2D eigenvalue weighted by Crippen LogP contribution is 2.32. The zero-order valence-electron chi connectivity index (χ0n) is 7.78. The Morgan fingerprint density at radius 1 is 1.13 bits per heavy atom. The molecule has 0 radical (unpaired) electrons. The van der Waals surface area contributed by atoms with Crippen LogP contribution in [0.25, 0.3) is 0 Å². The van der Waals surface area contributed by atoms with Crippen molar-refractivity contribution in [3.63, 3.8) is 0 Å². The number of furan rings is 1. The topological polar surface area (TPSA) is 39.2 Å². The fourth-order valence-electron chi connectivity index (χ4n) is 1.43. The first-order chi connectivity index (χ1) is 7.20. The molecule has 0 amide bonds. The zero-order valence-corrected chi connectivity index (χ0v) is 9.29. The first-order valence-corrected chi connectivity index (χ1v) is 5.17. The summed E-state index contributed by atoms with van der Waals surface area (Å²) in [4.78, 5) is 0. The van der Waals surface area contributed by atoms with E-state index in [2.05, 4.69) is 0 Å². The molecule has 0 saturated carbocycles. The minimum atomic E-state index is -0.357. The lowest BCUT2D eigenvalue weighted by atomic mass is 10.0. The Hall–Kier alpha value is -0.960. The molecule has 0 aliphatic carbocycles. The molecule has 0 saturated heterocycles. The molecule has 2 aromatic rings.